The van der Waals surface area contributed by atoms with Crippen molar-refractivity contribution < 1.29 is 4.79 Å². The highest BCUT2D eigenvalue weighted by atomic mass is 35.5. The Hall–Kier alpha value is -0.0400. The van der Waals surface area contributed by atoms with Crippen LogP contribution in [0.15, 0.2) is 0 Å². The first-order valence-corrected chi connectivity index (χ1v) is 10.9. The van der Waals surface area contributed by atoms with Crippen LogP contribution in [-0.2, 0) is 4.79 Å². The molecule has 0 aromatic heterocycles. The number of aldehydes is 1. The third-order valence-electron chi connectivity index (χ3n) is 4.85. The van der Waals surface area contributed by atoms with Gasteiger partial charge in [0, 0.05) is 11.8 Å². The zero-order valence-electron chi connectivity index (χ0n) is 15.7. The fourth-order valence-corrected chi connectivity index (χ4v) is 3.48. The summed E-state index contributed by atoms with van der Waals surface area (Å²) in [4.78, 5) is 10.8. The van der Waals surface area contributed by atoms with Crippen LogP contribution in [0.4, 0.5) is 0 Å². The van der Waals surface area contributed by atoms with Gasteiger partial charge in [-0.05, 0) is 12.8 Å². The lowest BCUT2D eigenvalue weighted by Gasteiger charge is -2.07. The minimum Gasteiger partial charge on any atom is -0.303 e. The Morgan fingerprint density at radius 1 is 0.652 bits per heavy atom. The zero-order valence-corrected chi connectivity index (χ0v) is 16.4. The van der Waals surface area contributed by atoms with Crippen molar-refractivity contribution in [3.05, 3.63) is 0 Å². The van der Waals surface area contributed by atoms with Crippen LogP contribution in [0.1, 0.15) is 116 Å². The first kappa shape index (κ1) is 23.0. The minimum atomic E-state index is 0.203. The number of rotatable bonds is 19. The van der Waals surface area contributed by atoms with E-state index in [0.29, 0.717) is 5.88 Å². The van der Waals surface area contributed by atoms with E-state index in [2.05, 4.69) is 6.92 Å². The average molecular weight is 345 g/mol. The number of hydrogen-bond donors (Lipinski definition) is 0. The van der Waals surface area contributed by atoms with Crippen molar-refractivity contribution in [3.8, 4) is 0 Å². The lowest BCUT2D eigenvalue weighted by Crippen LogP contribution is -2.02. The summed E-state index contributed by atoms with van der Waals surface area (Å²) in [6.07, 6.45) is 23.8. The van der Waals surface area contributed by atoms with E-state index in [4.69, 9.17) is 11.6 Å². The Morgan fingerprint density at radius 3 is 1.39 bits per heavy atom. The van der Waals surface area contributed by atoms with E-state index in [1.54, 1.807) is 0 Å². The molecule has 0 amide bonds. The van der Waals surface area contributed by atoms with Gasteiger partial charge in [0.2, 0.25) is 0 Å². The molecule has 0 aliphatic heterocycles. The van der Waals surface area contributed by atoms with Crippen molar-refractivity contribution in [3.63, 3.8) is 0 Å². The molecule has 0 bridgehead atoms. The second-order valence-corrected chi connectivity index (χ2v) is 7.49. The molecule has 0 aromatic rings. The molecule has 0 N–H and O–H groups in total. The largest absolute Gasteiger partial charge is 0.303 e. The highest BCUT2D eigenvalue weighted by Gasteiger charge is 2.05. The third-order valence-corrected chi connectivity index (χ3v) is 5.07. The molecule has 0 aliphatic rings. The zero-order chi connectivity index (χ0) is 17.0. The highest BCUT2D eigenvalue weighted by molar-refractivity contribution is 6.17. The lowest BCUT2D eigenvalue weighted by atomic mass is 9.99. The van der Waals surface area contributed by atoms with Crippen LogP contribution >= 0.6 is 11.6 Å². The molecule has 0 heterocycles. The van der Waals surface area contributed by atoms with E-state index >= 15 is 0 Å². The molecule has 1 nitrogen and oxygen atoms in total. The molecule has 0 aliphatic carbocycles. The second-order valence-electron chi connectivity index (χ2n) is 7.11. The van der Waals surface area contributed by atoms with Crippen LogP contribution in [0.3, 0.4) is 0 Å². The number of alkyl halides is 1. The second kappa shape index (κ2) is 20.0. The monoisotopic (exact) mass is 344 g/mol. The molecule has 23 heavy (non-hydrogen) atoms. The summed E-state index contributed by atoms with van der Waals surface area (Å²) in [7, 11) is 0. The van der Waals surface area contributed by atoms with Crippen molar-refractivity contribution in [2.45, 2.75) is 116 Å². The molecule has 0 aromatic carbocycles. The summed E-state index contributed by atoms with van der Waals surface area (Å²) in [5, 5.41) is 0. The van der Waals surface area contributed by atoms with E-state index in [9.17, 15) is 4.79 Å². The summed E-state index contributed by atoms with van der Waals surface area (Å²) in [6.45, 7) is 2.28. The van der Waals surface area contributed by atoms with Gasteiger partial charge in [-0.2, -0.15) is 0 Å². The molecule has 138 valence electrons. The Balaban J connectivity index is 3.09. The van der Waals surface area contributed by atoms with Crippen LogP contribution in [-0.4, -0.2) is 12.2 Å². The molecular weight excluding hydrogens is 304 g/mol. The van der Waals surface area contributed by atoms with Crippen molar-refractivity contribution in [1.82, 2.24) is 0 Å². The van der Waals surface area contributed by atoms with Gasteiger partial charge in [-0.1, -0.05) is 103 Å². The van der Waals surface area contributed by atoms with Gasteiger partial charge < -0.3 is 4.79 Å². The standard InChI is InChI=1S/C21H41ClO/c1-2-3-4-5-6-7-8-9-10-11-12-13-14-15-16-17-21(20-23)18-19-22/h20-21H,2-19H2,1H3. The number of halogens is 1. The van der Waals surface area contributed by atoms with E-state index in [1.807, 2.05) is 0 Å². The topological polar surface area (TPSA) is 17.1 Å². The maximum atomic E-state index is 10.8. The van der Waals surface area contributed by atoms with Crippen LogP contribution in [0.25, 0.3) is 0 Å². The number of carbonyl (C=O) groups excluding carboxylic acids is 1. The van der Waals surface area contributed by atoms with Crippen LogP contribution in [0, 0.1) is 5.92 Å². The Kier molecular flexibility index (Phi) is 20.0. The third kappa shape index (κ3) is 18.1. The molecule has 0 rings (SSSR count). The van der Waals surface area contributed by atoms with Crippen molar-refractivity contribution in [2.75, 3.05) is 5.88 Å². The van der Waals surface area contributed by atoms with Crippen LogP contribution in [0.5, 0.6) is 0 Å². The Morgan fingerprint density at radius 2 is 1.04 bits per heavy atom. The van der Waals surface area contributed by atoms with Gasteiger partial charge in [-0.15, -0.1) is 11.6 Å². The normalized spacial score (nSPS) is 12.4. The van der Waals surface area contributed by atoms with Gasteiger partial charge in [0.1, 0.15) is 6.29 Å². The molecule has 0 saturated heterocycles. The summed E-state index contributed by atoms with van der Waals surface area (Å²) in [5.41, 5.74) is 0. The number of hydrogen-bond acceptors (Lipinski definition) is 1. The first-order chi connectivity index (χ1) is 11.3. The lowest BCUT2D eigenvalue weighted by molar-refractivity contribution is -0.111. The SMILES string of the molecule is CCCCCCCCCCCCCCCCCC(C=O)CCCl. The summed E-state index contributed by atoms with van der Waals surface area (Å²) in [6, 6.07) is 0. The van der Waals surface area contributed by atoms with Gasteiger partial charge in [-0.25, -0.2) is 0 Å². The fourth-order valence-electron chi connectivity index (χ4n) is 3.20. The van der Waals surface area contributed by atoms with Gasteiger partial charge in [0.25, 0.3) is 0 Å². The Labute approximate surface area is 151 Å². The minimum absolute atomic E-state index is 0.203. The van der Waals surface area contributed by atoms with Crippen LogP contribution < -0.4 is 0 Å². The molecular formula is C21H41ClO. The van der Waals surface area contributed by atoms with E-state index in [1.165, 1.54) is 96.3 Å². The maximum absolute atomic E-state index is 10.8. The molecule has 2 heteroatoms. The molecule has 0 fully saturated rings. The van der Waals surface area contributed by atoms with Crippen molar-refractivity contribution in [1.29, 1.82) is 0 Å². The van der Waals surface area contributed by atoms with Crippen molar-refractivity contribution in [2.24, 2.45) is 5.92 Å². The molecule has 0 saturated carbocycles. The smallest absolute Gasteiger partial charge is 0.123 e. The van der Waals surface area contributed by atoms with Crippen molar-refractivity contribution >= 4 is 17.9 Å². The van der Waals surface area contributed by atoms with Gasteiger partial charge in [0.15, 0.2) is 0 Å². The quantitative estimate of drug-likeness (QED) is 0.133. The predicted octanol–water partition coefficient (Wildman–Crippen LogP) is 7.69. The van der Waals surface area contributed by atoms with Gasteiger partial charge in [-0.3, -0.25) is 0 Å². The molecule has 1 unspecified atom stereocenters. The number of unbranched alkanes of at least 4 members (excludes halogenated alkanes) is 14. The van der Waals surface area contributed by atoms with Crippen LogP contribution in [0.2, 0.25) is 0 Å². The van der Waals surface area contributed by atoms with E-state index in [-0.39, 0.29) is 5.92 Å². The molecule has 0 radical (unpaired) electrons. The van der Waals surface area contributed by atoms with Gasteiger partial charge in [0.05, 0.1) is 0 Å². The molecule has 0 spiro atoms. The highest BCUT2D eigenvalue weighted by Crippen LogP contribution is 2.16. The van der Waals surface area contributed by atoms with E-state index in [0.717, 1.165) is 19.1 Å². The summed E-state index contributed by atoms with van der Waals surface area (Å²) in [5.74, 6) is 0.816. The maximum Gasteiger partial charge on any atom is 0.123 e. The Bertz CT molecular complexity index is 230. The summed E-state index contributed by atoms with van der Waals surface area (Å²) < 4.78 is 0. The molecule has 1 atom stereocenters. The summed E-state index contributed by atoms with van der Waals surface area (Å²) >= 11 is 5.69. The predicted molar refractivity (Wildman–Crippen MR) is 104 cm³/mol. The number of carbonyl (C=O) groups is 1. The fraction of sp³-hybridized carbons (Fsp3) is 0.952. The average Bonchev–Trinajstić information content (AvgIpc) is 2.57. The van der Waals surface area contributed by atoms with E-state index < -0.39 is 0 Å². The first-order valence-electron chi connectivity index (χ1n) is 10.4. The van der Waals surface area contributed by atoms with Gasteiger partial charge >= 0.3 is 0 Å².